The van der Waals surface area contributed by atoms with E-state index in [2.05, 4.69) is 47.6 Å². The van der Waals surface area contributed by atoms with Crippen LogP contribution in [-0.4, -0.2) is 13.7 Å². The molecule has 0 saturated heterocycles. The van der Waals surface area contributed by atoms with Gasteiger partial charge in [-0.15, -0.1) is 0 Å². The maximum atomic E-state index is 8.19. The quantitative estimate of drug-likeness (QED) is 0.748. The zero-order chi connectivity index (χ0) is 17.5. The Morgan fingerprint density at radius 3 is 2.46 bits per heavy atom. The number of aromatic nitrogens is 1. The van der Waals surface area contributed by atoms with E-state index in [1.807, 2.05) is 26.1 Å². The summed E-state index contributed by atoms with van der Waals surface area (Å²) in [5.41, 5.74) is 3.61. The molecule has 0 amide bonds. The van der Waals surface area contributed by atoms with Gasteiger partial charge in [0.15, 0.2) is 0 Å². The van der Waals surface area contributed by atoms with Crippen molar-refractivity contribution in [2.24, 2.45) is 0 Å². The monoisotopic (exact) mass is 360 g/mol. The summed E-state index contributed by atoms with van der Waals surface area (Å²) < 4.78 is 14.2. The van der Waals surface area contributed by atoms with Crippen molar-refractivity contribution in [3.8, 4) is 5.75 Å². The molecule has 5 heteroatoms. The first kappa shape index (κ1) is 18.3. The summed E-state index contributed by atoms with van der Waals surface area (Å²) in [6, 6.07) is 14.7. The van der Waals surface area contributed by atoms with Crippen LogP contribution in [-0.2, 0) is 27.5 Å². The van der Waals surface area contributed by atoms with Crippen molar-refractivity contribution in [1.29, 1.82) is 0 Å². The summed E-state index contributed by atoms with van der Waals surface area (Å²) in [5, 5.41) is 5.38. The fraction of sp³-hybridized carbons (Fsp3) is 0.263. The number of ether oxygens (including phenoxy) is 1. The Balaban J connectivity index is 0.00000100. The van der Waals surface area contributed by atoms with Crippen LogP contribution in [0.3, 0.4) is 0 Å². The second kappa shape index (κ2) is 8.72. The van der Waals surface area contributed by atoms with Crippen LogP contribution in [0, 0.1) is 13.8 Å². The van der Waals surface area contributed by atoms with Crippen molar-refractivity contribution in [3.63, 3.8) is 0 Å². The molecule has 1 heterocycles. The third-order valence-electron chi connectivity index (χ3n) is 3.94. The van der Waals surface area contributed by atoms with Gasteiger partial charge in [-0.3, -0.25) is 0 Å². The normalized spacial score (nSPS) is 10.1. The number of nitrogens with one attached hydrogen (secondary N) is 1. The van der Waals surface area contributed by atoms with Crippen molar-refractivity contribution in [3.05, 3.63) is 59.3 Å². The Hall–Kier alpha value is -2.04. The molecule has 0 fully saturated rings. The molecule has 0 atom stereocenters. The first-order valence-electron chi connectivity index (χ1n) is 7.79. The Morgan fingerprint density at radius 1 is 1.08 bits per heavy atom. The van der Waals surface area contributed by atoms with E-state index < -0.39 is 0 Å². The summed E-state index contributed by atoms with van der Waals surface area (Å²) >= 11 is 1.06. The Morgan fingerprint density at radius 2 is 1.79 bits per heavy atom. The van der Waals surface area contributed by atoms with Crippen molar-refractivity contribution >= 4 is 16.6 Å². The summed E-state index contributed by atoms with van der Waals surface area (Å²) in [4.78, 5) is 4.55. The van der Waals surface area contributed by atoms with E-state index >= 15 is 0 Å². The topological polar surface area (TPSA) is 52.4 Å². The first-order valence-corrected chi connectivity index (χ1v) is 8.36. The van der Waals surface area contributed by atoms with Gasteiger partial charge in [-0.05, 0) is 30.9 Å². The summed E-state index contributed by atoms with van der Waals surface area (Å²) in [6.45, 7) is 4.79. The van der Waals surface area contributed by atoms with E-state index in [9.17, 15) is 0 Å². The molecule has 0 bridgehead atoms. The van der Waals surface area contributed by atoms with E-state index in [-0.39, 0.29) is 0 Å². The van der Waals surface area contributed by atoms with Crippen molar-refractivity contribution < 1.29 is 25.8 Å². The minimum absolute atomic E-state index is 0.662. The van der Waals surface area contributed by atoms with Gasteiger partial charge in [-0.2, -0.15) is 0 Å². The van der Waals surface area contributed by atoms with Crippen LogP contribution >= 0.6 is 0 Å². The van der Waals surface area contributed by atoms with Crippen LogP contribution in [0.5, 0.6) is 5.75 Å². The molecule has 3 rings (SSSR count). The number of benzene rings is 2. The number of hydrogen-bond donors (Lipinski definition) is 1. The molecule has 0 aliphatic heterocycles. The molecule has 2 aromatic carbocycles. The van der Waals surface area contributed by atoms with Crippen LogP contribution < -0.4 is 15.0 Å². The van der Waals surface area contributed by atoms with E-state index in [1.54, 1.807) is 0 Å². The Kier molecular flexibility index (Phi) is 6.65. The minimum atomic E-state index is 0.662. The van der Waals surface area contributed by atoms with Crippen LogP contribution in [0.2, 0.25) is 0 Å². The molecule has 0 aliphatic carbocycles. The van der Waals surface area contributed by atoms with Gasteiger partial charge in [-0.1, -0.05) is 60.5 Å². The van der Waals surface area contributed by atoms with Gasteiger partial charge in [0, 0.05) is 11.8 Å². The van der Waals surface area contributed by atoms with Crippen molar-refractivity contribution in [1.82, 2.24) is 4.98 Å². The molecular formula is C19H21N2O2V-. The molecule has 0 aliphatic rings. The summed E-state index contributed by atoms with van der Waals surface area (Å²) in [5.74, 6) is 1.79. The van der Waals surface area contributed by atoms with Gasteiger partial charge in [0.25, 0.3) is 0 Å². The molecule has 1 N–H and O–H groups in total. The van der Waals surface area contributed by atoms with E-state index in [0.717, 1.165) is 51.8 Å². The van der Waals surface area contributed by atoms with Crippen LogP contribution in [0.1, 0.15) is 16.8 Å². The average molecular weight is 360 g/mol. The van der Waals surface area contributed by atoms with Gasteiger partial charge >= 0.3 is 21.0 Å². The molecule has 0 saturated carbocycles. The summed E-state index contributed by atoms with van der Waals surface area (Å²) in [7, 11) is 1.89. The number of aryl methyl sites for hydroxylation is 2. The van der Waals surface area contributed by atoms with Crippen LogP contribution in [0.15, 0.2) is 42.5 Å². The van der Waals surface area contributed by atoms with Crippen LogP contribution in [0.4, 0.5) is 5.82 Å². The average Bonchev–Trinajstić information content (AvgIpc) is 2.96. The fourth-order valence-electron chi connectivity index (χ4n) is 2.70. The predicted molar refractivity (Wildman–Crippen MR) is 92.6 cm³/mol. The molecular weight excluding hydrogens is 339 g/mol. The SMILES string of the molecule is CNc1[n-]c(C)c2cccc(OCCc3ccc(C)cc3)c12.[O]=[V]. The van der Waals surface area contributed by atoms with Gasteiger partial charge in [0.1, 0.15) is 5.75 Å². The fourth-order valence-corrected chi connectivity index (χ4v) is 2.70. The summed E-state index contributed by atoms with van der Waals surface area (Å²) in [6.07, 6.45) is 0.901. The zero-order valence-electron chi connectivity index (χ0n) is 14.2. The molecule has 3 aromatic rings. The second-order valence-electron chi connectivity index (χ2n) is 5.56. The molecule has 1 aromatic heterocycles. The number of anilines is 1. The third kappa shape index (κ3) is 4.08. The second-order valence-corrected chi connectivity index (χ2v) is 5.56. The third-order valence-corrected chi connectivity index (χ3v) is 3.94. The first-order chi connectivity index (χ1) is 11.7. The molecule has 4 nitrogen and oxygen atoms in total. The molecule has 125 valence electrons. The number of rotatable bonds is 5. The Bertz CT molecular complexity index is 797. The van der Waals surface area contributed by atoms with E-state index in [4.69, 9.17) is 8.41 Å². The Labute approximate surface area is 151 Å². The number of nitrogens with zero attached hydrogens (tertiary/aromatic N) is 1. The maximum absolute atomic E-state index is 8.19. The van der Waals surface area contributed by atoms with Gasteiger partial charge in [0.2, 0.25) is 0 Å². The molecule has 0 radical (unpaired) electrons. The molecule has 0 spiro atoms. The van der Waals surface area contributed by atoms with Gasteiger partial charge in [-0.25, -0.2) is 0 Å². The molecule has 0 unspecified atom stereocenters. The number of fused-ring (bicyclic) bond motifs is 1. The van der Waals surface area contributed by atoms with Gasteiger partial charge in [0.05, 0.1) is 6.61 Å². The van der Waals surface area contributed by atoms with Crippen LogP contribution in [0.25, 0.3) is 10.8 Å². The van der Waals surface area contributed by atoms with Crippen molar-refractivity contribution in [2.75, 3.05) is 19.0 Å². The number of hydrogen-bond acceptors (Lipinski definition) is 3. The van der Waals surface area contributed by atoms with Gasteiger partial charge < -0.3 is 15.0 Å². The van der Waals surface area contributed by atoms with Crippen molar-refractivity contribution in [2.45, 2.75) is 20.3 Å². The zero-order valence-corrected chi connectivity index (χ0v) is 15.6. The van der Waals surface area contributed by atoms with E-state index in [0.29, 0.717) is 6.61 Å². The predicted octanol–water partition coefficient (Wildman–Crippen LogP) is 3.96. The molecule has 24 heavy (non-hydrogen) atoms. The standard InChI is InChI=1S/C19H21N2O.O.V/c1-13-7-9-15(10-8-13)11-12-22-17-6-4-5-16-14(2)21-19(20-3)18(16)17;;/h4-10,20H,11-12H2,1-3H3;;/q-1;;. The van der Waals surface area contributed by atoms with E-state index in [1.165, 1.54) is 11.1 Å².